The largest absolute Gasteiger partial charge is 0.326 e. The molecule has 1 unspecified atom stereocenters. The van der Waals surface area contributed by atoms with Crippen molar-refractivity contribution in [3.05, 3.63) is 0 Å². The van der Waals surface area contributed by atoms with E-state index >= 15 is 0 Å². The van der Waals surface area contributed by atoms with Crippen molar-refractivity contribution in [1.29, 1.82) is 0 Å². The lowest BCUT2D eigenvalue weighted by molar-refractivity contribution is 0.0341. The predicted octanol–water partition coefficient (Wildman–Crippen LogP) is 2.62. The minimum atomic E-state index is 0.424. The van der Waals surface area contributed by atoms with Gasteiger partial charge in [-0.25, -0.2) is 0 Å². The third-order valence-electron chi connectivity index (χ3n) is 4.31. The van der Waals surface area contributed by atoms with Crippen LogP contribution in [0.2, 0.25) is 0 Å². The Hall–Kier alpha value is -0.0800. The van der Waals surface area contributed by atoms with Crippen LogP contribution in [0.3, 0.4) is 0 Å². The standard InChI is InChI=1S/C14H28N2/c1-13(2)7-12(8-14(3,4)10-13)16-6-5-11(15)9-16/h11-12H,5-10,15H2,1-4H3. The molecule has 0 aromatic rings. The first kappa shape index (κ1) is 12.4. The highest BCUT2D eigenvalue weighted by molar-refractivity contribution is 4.95. The van der Waals surface area contributed by atoms with Gasteiger partial charge in [-0.3, -0.25) is 4.90 Å². The lowest BCUT2D eigenvalue weighted by Gasteiger charge is -2.47. The first-order valence-corrected chi connectivity index (χ1v) is 6.77. The van der Waals surface area contributed by atoms with Gasteiger partial charge in [0.15, 0.2) is 0 Å². The molecule has 0 aromatic carbocycles. The summed E-state index contributed by atoms with van der Waals surface area (Å²) in [6, 6.07) is 1.19. The van der Waals surface area contributed by atoms with Crippen LogP contribution < -0.4 is 5.73 Å². The van der Waals surface area contributed by atoms with Gasteiger partial charge in [0.05, 0.1) is 0 Å². The van der Waals surface area contributed by atoms with Crippen LogP contribution in [0.5, 0.6) is 0 Å². The molecular weight excluding hydrogens is 196 g/mol. The summed E-state index contributed by atoms with van der Waals surface area (Å²) in [5.74, 6) is 0. The molecule has 0 amide bonds. The number of rotatable bonds is 1. The molecule has 2 N–H and O–H groups in total. The van der Waals surface area contributed by atoms with Gasteiger partial charge in [0.25, 0.3) is 0 Å². The van der Waals surface area contributed by atoms with Crippen LogP contribution in [0, 0.1) is 10.8 Å². The molecule has 2 heteroatoms. The lowest BCUT2D eigenvalue weighted by Crippen LogP contribution is -2.46. The predicted molar refractivity (Wildman–Crippen MR) is 69.4 cm³/mol. The normalized spacial score (nSPS) is 35.4. The van der Waals surface area contributed by atoms with Crippen LogP contribution in [-0.2, 0) is 0 Å². The second-order valence-corrected chi connectivity index (χ2v) is 7.61. The maximum atomic E-state index is 6.03. The molecule has 1 saturated carbocycles. The fraction of sp³-hybridized carbons (Fsp3) is 1.00. The SMILES string of the molecule is CC1(C)CC(N2CCC(N)C2)CC(C)(C)C1. The Morgan fingerprint density at radius 2 is 1.62 bits per heavy atom. The molecule has 94 valence electrons. The Morgan fingerprint density at radius 1 is 1.06 bits per heavy atom. The zero-order valence-electron chi connectivity index (χ0n) is 11.4. The summed E-state index contributed by atoms with van der Waals surface area (Å²) in [5, 5.41) is 0. The van der Waals surface area contributed by atoms with E-state index in [4.69, 9.17) is 5.73 Å². The highest BCUT2D eigenvalue weighted by Crippen LogP contribution is 2.47. The summed E-state index contributed by atoms with van der Waals surface area (Å²) in [7, 11) is 0. The third kappa shape index (κ3) is 2.78. The summed E-state index contributed by atoms with van der Waals surface area (Å²) >= 11 is 0. The van der Waals surface area contributed by atoms with Crippen LogP contribution in [-0.4, -0.2) is 30.1 Å². The monoisotopic (exact) mass is 224 g/mol. The van der Waals surface area contributed by atoms with Crippen molar-refractivity contribution >= 4 is 0 Å². The number of nitrogens with zero attached hydrogens (tertiary/aromatic N) is 1. The van der Waals surface area contributed by atoms with E-state index in [1.54, 1.807) is 0 Å². The fourth-order valence-corrected chi connectivity index (χ4v) is 4.19. The molecule has 1 saturated heterocycles. The molecule has 0 bridgehead atoms. The molecule has 2 nitrogen and oxygen atoms in total. The van der Waals surface area contributed by atoms with Crippen molar-refractivity contribution in [3.63, 3.8) is 0 Å². The molecule has 1 aliphatic carbocycles. The van der Waals surface area contributed by atoms with Gasteiger partial charge in [0.2, 0.25) is 0 Å². The summed E-state index contributed by atoms with van der Waals surface area (Å²) in [5.41, 5.74) is 7.02. The molecule has 2 fully saturated rings. The molecule has 2 aliphatic rings. The Balaban J connectivity index is 2.04. The molecule has 1 heterocycles. The lowest BCUT2D eigenvalue weighted by atomic mass is 9.63. The van der Waals surface area contributed by atoms with E-state index in [2.05, 4.69) is 32.6 Å². The zero-order chi connectivity index (χ0) is 12.0. The molecule has 16 heavy (non-hydrogen) atoms. The van der Waals surface area contributed by atoms with Crippen molar-refractivity contribution in [2.24, 2.45) is 16.6 Å². The average Bonchev–Trinajstić information content (AvgIpc) is 2.45. The Kier molecular flexibility index (Phi) is 3.09. The summed E-state index contributed by atoms with van der Waals surface area (Å²) in [6.07, 6.45) is 5.25. The Labute approximate surface area is 101 Å². The molecule has 1 aliphatic heterocycles. The minimum Gasteiger partial charge on any atom is -0.326 e. The van der Waals surface area contributed by atoms with Crippen LogP contribution in [0.4, 0.5) is 0 Å². The first-order chi connectivity index (χ1) is 7.27. The van der Waals surface area contributed by atoms with Gasteiger partial charge in [0.1, 0.15) is 0 Å². The third-order valence-corrected chi connectivity index (χ3v) is 4.31. The molecule has 0 aromatic heterocycles. The first-order valence-electron chi connectivity index (χ1n) is 6.77. The van der Waals surface area contributed by atoms with Crippen LogP contribution in [0.1, 0.15) is 53.4 Å². The van der Waals surface area contributed by atoms with Crippen LogP contribution in [0.25, 0.3) is 0 Å². The van der Waals surface area contributed by atoms with Crippen LogP contribution >= 0.6 is 0 Å². The van der Waals surface area contributed by atoms with Gasteiger partial charge in [-0.2, -0.15) is 0 Å². The number of hydrogen-bond acceptors (Lipinski definition) is 2. The van der Waals surface area contributed by atoms with E-state index in [9.17, 15) is 0 Å². The highest BCUT2D eigenvalue weighted by Gasteiger charge is 2.41. The molecule has 0 radical (unpaired) electrons. The molecule has 1 atom stereocenters. The molecular formula is C14H28N2. The van der Waals surface area contributed by atoms with Gasteiger partial charge in [0, 0.05) is 25.2 Å². The summed E-state index contributed by atoms with van der Waals surface area (Å²) < 4.78 is 0. The number of likely N-dealkylation sites (tertiary alicyclic amines) is 1. The maximum Gasteiger partial charge on any atom is 0.0180 e. The van der Waals surface area contributed by atoms with Crippen molar-refractivity contribution in [1.82, 2.24) is 4.90 Å². The highest BCUT2D eigenvalue weighted by atomic mass is 15.2. The average molecular weight is 224 g/mol. The quantitative estimate of drug-likeness (QED) is 0.742. The Morgan fingerprint density at radius 3 is 2.06 bits per heavy atom. The summed E-state index contributed by atoms with van der Waals surface area (Å²) in [6.45, 7) is 12.1. The van der Waals surface area contributed by atoms with Crippen LogP contribution in [0.15, 0.2) is 0 Å². The smallest absolute Gasteiger partial charge is 0.0180 e. The fourth-order valence-electron chi connectivity index (χ4n) is 4.19. The Bertz CT molecular complexity index is 241. The van der Waals surface area contributed by atoms with Crippen molar-refractivity contribution in [2.45, 2.75) is 65.5 Å². The van der Waals surface area contributed by atoms with E-state index in [0.717, 1.165) is 12.6 Å². The van der Waals surface area contributed by atoms with Gasteiger partial charge in [-0.15, -0.1) is 0 Å². The zero-order valence-corrected chi connectivity index (χ0v) is 11.4. The van der Waals surface area contributed by atoms with E-state index < -0.39 is 0 Å². The van der Waals surface area contributed by atoms with Gasteiger partial charge in [-0.05, 0) is 36.5 Å². The number of nitrogens with two attached hydrogens (primary N) is 1. The van der Waals surface area contributed by atoms with E-state index in [0.29, 0.717) is 16.9 Å². The van der Waals surface area contributed by atoms with Gasteiger partial charge < -0.3 is 5.73 Å². The topological polar surface area (TPSA) is 29.3 Å². The summed E-state index contributed by atoms with van der Waals surface area (Å²) in [4.78, 5) is 2.65. The van der Waals surface area contributed by atoms with Crippen molar-refractivity contribution < 1.29 is 0 Å². The minimum absolute atomic E-state index is 0.424. The van der Waals surface area contributed by atoms with Gasteiger partial charge >= 0.3 is 0 Å². The second kappa shape index (κ2) is 3.99. The number of hydrogen-bond donors (Lipinski definition) is 1. The maximum absolute atomic E-state index is 6.03. The van der Waals surface area contributed by atoms with Gasteiger partial charge in [-0.1, -0.05) is 27.7 Å². The second-order valence-electron chi connectivity index (χ2n) is 7.61. The van der Waals surface area contributed by atoms with E-state index in [1.165, 1.54) is 32.2 Å². The molecule has 0 spiro atoms. The molecule has 2 rings (SSSR count). The van der Waals surface area contributed by atoms with E-state index in [-0.39, 0.29) is 0 Å². The van der Waals surface area contributed by atoms with Crippen molar-refractivity contribution in [2.75, 3.05) is 13.1 Å². The van der Waals surface area contributed by atoms with E-state index in [1.807, 2.05) is 0 Å². The van der Waals surface area contributed by atoms with Crippen molar-refractivity contribution in [3.8, 4) is 0 Å².